The molecular formula is C11H13N3O2. The highest BCUT2D eigenvalue weighted by Gasteiger charge is 2.13. The Labute approximate surface area is 93.0 Å². The molecule has 0 fully saturated rings. The normalized spacial score (nSPS) is 12.8. The Balaban J connectivity index is 2.09. The molecule has 1 aromatic carbocycles. The van der Waals surface area contributed by atoms with Crippen molar-refractivity contribution in [2.75, 3.05) is 18.4 Å². The van der Waals surface area contributed by atoms with E-state index in [0.29, 0.717) is 5.56 Å². The molecule has 1 aliphatic rings. The van der Waals surface area contributed by atoms with E-state index in [2.05, 4.69) is 10.6 Å². The summed E-state index contributed by atoms with van der Waals surface area (Å²) in [7, 11) is 0. The maximum atomic E-state index is 11.6. The summed E-state index contributed by atoms with van der Waals surface area (Å²) >= 11 is 0. The van der Waals surface area contributed by atoms with Gasteiger partial charge in [0.05, 0.1) is 6.54 Å². The zero-order valence-electron chi connectivity index (χ0n) is 8.75. The second-order valence-electron chi connectivity index (χ2n) is 3.70. The molecule has 2 rings (SSSR count). The Hall–Kier alpha value is -2.04. The number of carbonyl (C=O) groups is 2. The highest BCUT2D eigenvalue weighted by molar-refractivity contribution is 5.96. The molecule has 1 heterocycles. The van der Waals surface area contributed by atoms with Crippen LogP contribution in [0.1, 0.15) is 15.9 Å². The Morgan fingerprint density at radius 2 is 2.25 bits per heavy atom. The van der Waals surface area contributed by atoms with Crippen molar-refractivity contribution >= 4 is 17.5 Å². The number of primary amides is 1. The topological polar surface area (TPSA) is 84.2 Å². The number of hydrogen-bond acceptors (Lipinski definition) is 3. The molecule has 0 atom stereocenters. The molecule has 0 saturated carbocycles. The fourth-order valence-corrected chi connectivity index (χ4v) is 1.72. The Morgan fingerprint density at radius 1 is 1.44 bits per heavy atom. The SMILES string of the molecule is NC(=O)CNC(=O)c1ccc2c(c1)CCN2. The van der Waals surface area contributed by atoms with Gasteiger partial charge in [-0.25, -0.2) is 0 Å². The number of fused-ring (bicyclic) bond motifs is 1. The van der Waals surface area contributed by atoms with Crippen molar-refractivity contribution in [2.24, 2.45) is 5.73 Å². The molecule has 1 aliphatic heterocycles. The van der Waals surface area contributed by atoms with Gasteiger partial charge in [-0.1, -0.05) is 0 Å². The highest BCUT2D eigenvalue weighted by atomic mass is 16.2. The molecule has 5 heteroatoms. The van der Waals surface area contributed by atoms with Crippen molar-refractivity contribution in [2.45, 2.75) is 6.42 Å². The van der Waals surface area contributed by atoms with Gasteiger partial charge in [-0.15, -0.1) is 0 Å². The van der Waals surface area contributed by atoms with Gasteiger partial charge < -0.3 is 16.4 Å². The molecule has 0 radical (unpaired) electrons. The molecule has 0 aromatic heterocycles. The zero-order chi connectivity index (χ0) is 11.5. The van der Waals surface area contributed by atoms with E-state index in [9.17, 15) is 9.59 Å². The molecule has 0 spiro atoms. The molecule has 1 aromatic rings. The van der Waals surface area contributed by atoms with Crippen LogP contribution in [0.25, 0.3) is 0 Å². The van der Waals surface area contributed by atoms with Crippen LogP contribution in [0.2, 0.25) is 0 Å². The van der Waals surface area contributed by atoms with Crippen molar-refractivity contribution in [3.05, 3.63) is 29.3 Å². The Kier molecular flexibility index (Phi) is 2.76. The van der Waals surface area contributed by atoms with Crippen LogP contribution in [0.15, 0.2) is 18.2 Å². The van der Waals surface area contributed by atoms with Gasteiger partial charge in [-0.3, -0.25) is 9.59 Å². The second kappa shape index (κ2) is 4.22. The maximum Gasteiger partial charge on any atom is 0.251 e. The number of amides is 2. The Morgan fingerprint density at radius 3 is 3.00 bits per heavy atom. The number of nitrogens with two attached hydrogens (primary N) is 1. The number of rotatable bonds is 3. The summed E-state index contributed by atoms with van der Waals surface area (Å²) in [5.74, 6) is -0.815. The third kappa shape index (κ3) is 2.13. The van der Waals surface area contributed by atoms with E-state index < -0.39 is 5.91 Å². The highest BCUT2D eigenvalue weighted by Crippen LogP contribution is 2.22. The van der Waals surface area contributed by atoms with E-state index in [1.165, 1.54) is 0 Å². The standard InChI is InChI=1S/C11H13N3O2/c12-10(15)6-14-11(16)8-1-2-9-7(5-8)3-4-13-9/h1-2,5,13H,3-4,6H2,(H2,12,15)(H,14,16). The van der Waals surface area contributed by atoms with Gasteiger partial charge in [0.2, 0.25) is 5.91 Å². The minimum Gasteiger partial charge on any atom is -0.384 e. The smallest absolute Gasteiger partial charge is 0.251 e. The number of anilines is 1. The summed E-state index contributed by atoms with van der Waals surface area (Å²) in [6.07, 6.45) is 0.923. The Bertz CT molecular complexity index is 443. The zero-order valence-corrected chi connectivity index (χ0v) is 8.75. The molecule has 0 bridgehead atoms. The number of nitrogens with one attached hydrogen (secondary N) is 2. The van der Waals surface area contributed by atoms with Crippen molar-refractivity contribution in [3.8, 4) is 0 Å². The van der Waals surface area contributed by atoms with Gasteiger partial charge >= 0.3 is 0 Å². The number of carbonyl (C=O) groups excluding carboxylic acids is 2. The average Bonchev–Trinajstić information content (AvgIpc) is 2.72. The van der Waals surface area contributed by atoms with Crippen LogP contribution in [0, 0.1) is 0 Å². The third-order valence-electron chi connectivity index (χ3n) is 2.50. The van der Waals surface area contributed by atoms with E-state index in [1.807, 2.05) is 12.1 Å². The van der Waals surface area contributed by atoms with Crippen molar-refractivity contribution in [1.29, 1.82) is 0 Å². The van der Waals surface area contributed by atoms with Crippen LogP contribution in [-0.4, -0.2) is 24.9 Å². The predicted octanol–water partition coefficient (Wildman–Crippen LogP) is -0.130. The molecule has 0 unspecified atom stereocenters. The van der Waals surface area contributed by atoms with Gasteiger partial charge in [-0.2, -0.15) is 0 Å². The first kappa shape index (κ1) is 10.5. The minimum absolute atomic E-state index is 0.131. The molecule has 0 aliphatic carbocycles. The molecule has 4 N–H and O–H groups in total. The molecule has 16 heavy (non-hydrogen) atoms. The molecule has 0 saturated heterocycles. The van der Waals surface area contributed by atoms with Crippen LogP contribution in [0.3, 0.4) is 0 Å². The lowest BCUT2D eigenvalue weighted by atomic mass is 10.1. The monoisotopic (exact) mass is 219 g/mol. The van der Waals surface area contributed by atoms with Crippen LogP contribution < -0.4 is 16.4 Å². The second-order valence-corrected chi connectivity index (χ2v) is 3.70. The first-order valence-corrected chi connectivity index (χ1v) is 5.10. The summed E-state index contributed by atoms with van der Waals surface area (Å²) in [5, 5.41) is 5.67. The largest absolute Gasteiger partial charge is 0.384 e. The predicted molar refractivity (Wildman–Crippen MR) is 60.2 cm³/mol. The lowest BCUT2D eigenvalue weighted by Crippen LogP contribution is -2.33. The van der Waals surface area contributed by atoms with Crippen LogP contribution in [-0.2, 0) is 11.2 Å². The van der Waals surface area contributed by atoms with Gasteiger partial charge in [0.25, 0.3) is 5.91 Å². The summed E-state index contributed by atoms with van der Waals surface area (Å²) in [6, 6.07) is 5.45. The van der Waals surface area contributed by atoms with E-state index in [0.717, 1.165) is 24.2 Å². The minimum atomic E-state index is -0.545. The lowest BCUT2D eigenvalue weighted by molar-refractivity contribution is -0.117. The first-order chi connectivity index (χ1) is 7.66. The maximum absolute atomic E-state index is 11.6. The fourth-order valence-electron chi connectivity index (χ4n) is 1.72. The van der Waals surface area contributed by atoms with Crippen molar-refractivity contribution in [1.82, 2.24) is 5.32 Å². The van der Waals surface area contributed by atoms with Crippen LogP contribution in [0.5, 0.6) is 0 Å². The number of hydrogen-bond donors (Lipinski definition) is 3. The third-order valence-corrected chi connectivity index (χ3v) is 2.50. The van der Waals surface area contributed by atoms with Gasteiger partial charge in [-0.05, 0) is 30.2 Å². The van der Waals surface area contributed by atoms with E-state index in [4.69, 9.17) is 5.73 Å². The summed E-state index contributed by atoms with van der Waals surface area (Å²) in [5.41, 5.74) is 7.71. The molecule has 84 valence electrons. The molecular weight excluding hydrogens is 206 g/mol. The van der Waals surface area contributed by atoms with Crippen LogP contribution in [0.4, 0.5) is 5.69 Å². The fraction of sp³-hybridized carbons (Fsp3) is 0.273. The molecule has 5 nitrogen and oxygen atoms in total. The van der Waals surface area contributed by atoms with Gasteiger partial charge in [0.15, 0.2) is 0 Å². The van der Waals surface area contributed by atoms with E-state index >= 15 is 0 Å². The van der Waals surface area contributed by atoms with Crippen molar-refractivity contribution < 1.29 is 9.59 Å². The summed E-state index contributed by atoms with van der Waals surface area (Å²) in [4.78, 5) is 22.1. The van der Waals surface area contributed by atoms with E-state index in [1.54, 1.807) is 6.07 Å². The van der Waals surface area contributed by atoms with E-state index in [-0.39, 0.29) is 12.5 Å². The number of benzene rings is 1. The summed E-state index contributed by atoms with van der Waals surface area (Å²) in [6.45, 7) is 0.774. The first-order valence-electron chi connectivity index (χ1n) is 5.10. The molecule has 2 amide bonds. The van der Waals surface area contributed by atoms with Crippen molar-refractivity contribution in [3.63, 3.8) is 0 Å². The lowest BCUT2D eigenvalue weighted by Gasteiger charge is -2.05. The quantitative estimate of drug-likeness (QED) is 0.662. The van der Waals surface area contributed by atoms with Gasteiger partial charge in [0.1, 0.15) is 0 Å². The van der Waals surface area contributed by atoms with Crippen LogP contribution >= 0.6 is 0 Å². The average molecular weight is 219 g/mol. The van der Waals surface area contributed by atoms with Gasteiger partial charge in [0, 0.05) is 17.8 Å². The summed E-state index contributed by atoms with van der Waals surface area (Å²) < 4.78 is 0.